The van der Waals surface area contributed by atoms with Gasteiger partial charge in [-0.3, -0.25) is 9.59 Å². The molecule has 6 heteroatoms. The van der Waals surface area contributed by atoms with E-state index in [1.165, 1.54) is 6.08 Å². The lowest BCUT2D eigenvalue weighted by molar-refractivity contribution is -0.167. The lowest BCUT2D eigenvalue weighted by atomic mass is 10.0. The van der Waals surface area contributed by atoms with Crippen molar-refractivity contribution in [1.29, 1.82) is 0 Å². The fraction of sp³-hybridized carbons (Fsp3) is 0.250. The number of aldehydes is 2. The standard InChI is InChI=1S/C24H23NO5/c1-28-19-10-8-18(9-11-19)16-25-22-7-3-2-6-20(22)21(17-27)23(25)24(12-4-5-13-26)29-14-15-30-24/h2-11,13,17H,12,14-16H2,1H3/b5-4+. The van der Waals surface area contributed by atoms with Gasteiger partial charge in [-0.15, -0.1) is 0 Å². The van der Waals surface area contributed by atoms with Gasteiger partial charge in [-0.1, -0.05) is 36.4 Å². The Hall–Kier alpha value is -3.22. The number of carbonyl (C=O) groups excluding carboxylic acids is 2. The molecule has 0 unspecified atom stereocenters. The van der Waals surface area contributed by atoms with Crippen LogP contribution in [0, 0.1) is 0 Å². The highest BCUT2D eigenvalue weighted by Gasteiger charge is 2.43. The number of ether oxygens (including phenoxy) is 3. The molecule has 0 aliphatic carbocycles. The van der Waals surface area contributed by atoms with E-state index in [9.17, 15) is 9.59 Å². The first-order valence-corrected chi connectivity index (χ1v) is 9.80. The number of benzene rings is 2. The van der Waals surface area contributed by atoms with Crippen LogP contribution < -0.4 is 4.74 Å². The van der Waals surface area contributed by atoms with E-state index in [0.717, 1.165) is 34.8 Å². The first kappa shape index (κ1) is 20.1. The van der Waals surface area contributed by atoms with Gasteiger partial charge in [0.2, 0.25) is 5.79 Å². The molecule has 0 atom stereocenters. The van der Waals surface area contributed by atoms with Crippen LogP contribution in [0.25, 0.3) is 10.9 Å². The van der Waals surface area contributed by atoms with Gasteiger partial charge in [0, 0.05) is 29.4 Å². The van der Waals surface area contributed by atoms with Crippen molar-refractivity contribution in [2.24, 2.45) is 0 Å². The van der Waals surface area contributed by atoms with Crippen LogP contribution in [0.5, 0.6) is 5.75 Å². The fourth-order valence-electron chi connectivity index (χ4n) is 4.02. The molecule has 0 radical (unpaired) electrons. The van der Waals surface area contributed by atoms with Crippen molar-refractivity contribution in [2.45, 2.75) is 18.8 Å². The third kappa shape index (κ3) is 3.56. The van der Waals surface area contributed by atoms with E-state index in [-0.39, 0.29) is 0 Å². The third-order valence-corrected chi connectivity index (χ3v) is 5.34. The largest absolute Gasteiger partial charge is 0.497 e. The summed E-state index contributed by atoms with van der Waals surface area (Å²) in [6, 6.07) is 15.6. The molecule has 154 valence electrons. The molecule has 1 fully saturated rings. The third-order valence-electron chi connectivity index (χ3n) is 5.34. The van der Waals surface area contributed by atoms with Gasteiger partial charge in [0.1, 0.15) is 12.0 Å². The Kier molecular flexibility index (Phi) is 5.79. The van der Waals surface area contributed by atoms with E-state index in [2.05, 4.69) is 4.57 Å². The molecule has 0 spiro atoms. The minimum absolute atomic E-state index is 0.325. The molecule has 0 amide bonds. The van der Waals surface area contributed by atoms with Crippen molar-refractivity contribution in [3.05, 3.63) is 77.5 Å². The average Bonchev–Trinajstić information content (AvgIpc) is 3.38. The molecular weight excluding hydrogens is 382 g/mol. The van der Waals surface area contributed by atoms with Crippen LogP contribution in [0.4, 0.5) is 0 Å². The number of fused-ring (bicyclic) bond motifs is 1. The van der Waals surface area contributed by atoms with E-state index < -0.39 is 5.79 Å². The summed E-state index contributed by atoms with van der Waals surface area (Å²) in [6.07, 6.45) is 5.03. The predicted molar refractivity (Wildman–Crippen MR) is 113 cm³/mol. The lowest BCUT2D eigenvalue weighted by Crippen LogP contribution is -2.31. The maximum Gasteiger partial charge on any atom is 0.214 e. The van der Waals surface area contributed by atoms with Crippen molar-refractivity contribution < 1.29 is 23.8 Å². The molecule has 1 aliphatic heterocycles. The van der Waals surface area contributed by atoms with Gasteiger partial charge in [-0.2, -0.15) is 0 Å². The number of allylic oxidation sites excluding steroid dienone is 1. The zero-order valence-corrected chi connectivity index (χ0v) is 16.7. The normalized spacial score (nSPS) is 15.6. The lowest BCUT2D eigenvalue weighted by Gasteiger charge is -2.29. The van der Waals surface area contributed by atoms with E-state index >= 15 is 0 Å². The summed E-state index contributed by atoms with van der Waals surface area (Å²) in [5.41, 5.74) is 3.18. The van der Waals surface area contributed by atoms with Crippen LogP contribution in [-0.4, -0.2) is 37.5 Å². The molecule has 30 heavy (non-hydrogen) atoms. The summed E-state index contributed by atoms with van der Waals surface area (Å²) in [7, 11) is 1.63. The average molecular weight is 405 g/mol. The summed E-state index contributed by atoms with van der Waals surface area (Å²) in [5, 5.41) is 0.842. The molecule has 1 saturated heterocycles. The van der Waals surface area contributed by atoms with Crippen LogP contribution in [0.2, 0.25) is 0 Å². The number of hydrogen-bond acceptors (Lipinski definition) is 5. The van der Waals surface area contributed by atoms with Crippen LogP contribution >= 0.6 is 0 Å². The molecule has 1 aliphatic rings. The number of aromatic nitrogens is 1. The van der Waals surface area contributed by atoms with Gasteiger partial charge < -0.3 is 18.8 Å². The number of para-hydroxylation sites is 1. The second kappa shape index (κ2) is 8.65. The van der Waals surface area contributed by atoms with Crippen LogP contribution in [0.1, 0.15) is 28.0 Å². The molecule has 0 saturated carbocycles. The van der Waals surface area contributed by atoms with E-state index in [1.54, 1.807) is 13.2 Å². The van der Waals surface area contributed by atoms with Gasteiger partial charge in [0.25, 0.3) is 0 Å². The van der Waals surface area contributed by atoms with Gasteiger partial charge in [-0.25, -0.2) is 0 Å². The monoisotopic (exact) mass is 405 g/mol. The van der Waals surface area contributed by atoms with Gasteiger partial charge in [-0.05, 0) is 29.8 Å². The topological polar surface area (TPSA) is 66.8 Å². The van der Waals surface area contributed by atoms with Gasteiger partial charge >= 0.3 is 0 Å². The Balaban J connectivity index is 1.90. The van der Waals surface area contributed by atoms with E-state index in [1.807, 2.05) is 48.5 Å². The number of carbonyl (C=O) groups is 2. The van der Waals surface area contributed by atoms with Crippen molar-refractivity contribution in [3.63, 3.8) is 0 Å². The Morgan fingerprint density at radius 3 is 2.47 bits per heavy atom. The Labute approximate surface area is 174 Å². The zero-order chi connectivity index (χ0) is 21.0. The van der Waals surface area contributed by atoms with E-state index in [4.69, 9.17) is 14.2 Å². The minimum Gasteiger partial charge on any atom is -0.497 e. The van der Waals surface area contributed by atoms with Crippen molar-refractivity contribution in [2.75, 3.05) is 20.3 Å². The second-order valence-corrected chi connectivity index (χ2v) is 7.05. The highest BCUT2D eigenvalue weighted by molar-refractivity contribution is 5.99. The molecule has 1 aromatic heterocycles. The van der Waals surface area contributed by atoms with Gasteiger partial charge in [0.15, 0.2) is 6.29 Å². The number of rotatable bonds is 8. The molecule has 0 bridgehead atoms. The predicted octanol–water partition coefficient (Wildman–Crippen LogP) is 3.86. The highest BCUT2D eigenvalue weighted by Crippen LogP contribution is 2.41. The molecular formula is C24H23NO5. The second-order valence-electron chi connectivity index (χ2n) is 7.05. The first-order valence-electron chi connectivity index (χ1n) is 9.80. The Bertz CT molecular complexity index is 1070. The van der Waals surface area contributed by atoms with Crippen LogP contribution in [-0.2, 0) is 26.6 Å². The summed E-state index contributed by atoms with van der Waals surface area (Å²) in [4.78, 5) is 23.0. The zero-order valence-electron chi connectivity index (χ0n) is 16.7. The minimum atomic E-state index is -1.12. The molecule has 2 heterocycles. The van der Waals surface area contributed by atoms with Crippen LogP contribution in [0.15, 0.2) is 60.7 Å². The summed E-state index contributed by atoms with van der Waals surface area (Å²) in [6.45, 7) is 1.36. The summed E-state index contributed by atoms with van der Waals surface area (Å²) >= 11 is 0. The summed E-state index contributed by atoms with van der Waals surface area (Å²) in [5.74, 6) is -0.343. The molecule has 2 aromatic carbocycles. The van der Waals surface area contributed by atoms with Crippen molar-refractivity contribution >= 4 is 23.5 Å². The Morgan fingerprint density at radius 2 is 1.80 bits per heavy atom. The first-order chi connectivity index (χ1) is 14.7. The smallest absolute Gasteiger partial charge is 0.214 e. The Morgan fingerprint density at radius 1 is 1.07 bits per heavy atom. The SMILES string of the molecule is COc1ccc(Cn2c(C3(C/C=C/C=O)OCCO3)c(C=O)c3ccccc32)cc1. The fourth-order valence-corrected chi connectivity index (χ4v) is 4.02. The van der Waals surface area contributed by atoms with Crippen molar-refractivity contribution in [1.82, 2.24) is 4.57 Å². The van der Waals surface area contributed by atoms with Gasteiger partial charge in [0.05, 0.1) is 26.0 Å². The molecule has 6 nitrogen and oxygen atoms in total. The molecule has 3 aromatic rings. The highest BCUT2D eigenvalue weighted by atomic mass is 16.7. The van der Waals surface area contributed by atoms with E-state index in [0.29, 0.717) is 37.4 Å². The van der Waals surface area contributed by atoms with Crippen molar-refractivity contribution in [3.8, 4) is 5.75 Å². The molecule has 4 rings (SSSR count). The number of nitrogens with zero attached hydrogens (tertiary/aromatic N) is 1. The summed E-state index contributed by atoms with van der Waals surface area (Å²) < 4.78 is 19.5. The maximum absolute atomic E-state index is 12.2. The maximum atomic E-state index is 12.2. The number of hydrogen-bond donors (Lipinski definition) is 0. The molecule has 0 N–H and O–H groups in total. The quantitative estimate of drug-likeness (QED) is 0.421. The van der Waals surface area contributed by atoms with Crippen LogP contribution in [0.3, 0.4) is 0 Å². The number of methoxy groups -OCH3 is 1.